The molecule has 0 radical (unpaired) electrons. The molecule has 1 atom stereocenters. The lowest BCUT2D eigenvalue weighted by atomic mass is 10.1. The smallest absolute Gasteiger partial charge is 0.137 e. The molecule has 0 fully saturated rings. The summed E-state index contributed by atoms with van der Waals surface area (Å²) in [7, 11) is 1.56. The standard InChI is InChI=1S/C13H12BrClO2S/c1-7-5-11(18-13(7)14)12(16)8-3-4-9(15)10(6-8)17-2/h3-6,12,16H,1-2H3. The normalized spacial score (nSPS) is 12.5. The minimum atomic E-state index is -0.661. The minimum absolute atomic E-state index is 0.539. The van der Waals surface area contributed by atoms with Gasteiger partial charge in [-0.2, -0.15) is 0 Å². The highest BCUT2D eigenvalue weighted by Gasteiger charge is 2.16. The summed E-state index contributed by atoms with van der Waals surface area (Å²) in [5.74, 6) is 0.570. The van der Waals surface area contributed by atoms with E-state index in [4.69, 9.17) is 16.3 Å². The van der Waals surface area contributed by atoms with E-state index >= 15 is 0 Å². The number of benzene rings is 1. The lowest BCUT2D eigenvalue weighted by Gasteiger charge is -2.11. The second-order valence-corrected chi connectivity index (χ2v) is 6.71. The zero-order valence-corrected chi connectivity index (χ0v) is 13.1. The van der Waals surface area contributed by atoms with Gasteiger partial charge in [-0.3, -0.25) is 0 Å². The maximum atomic E-state index is 10.3. The Bertz CT molecular complexity index is 549. The Morgan fingerprint density at radius 3 is 2.67 bits per heavy atom. The van der Waals surface area contributed by atoms with Crippen LogP contribution in [0.4, 0.5) is 0 Å². The van der Waals surface area contributed by atoms with E-state index in [0.29, 0.717) is 10.8 Å². The quantitative estimate of drug-likeness (QED) is 0.882. The van der Waals surface area contributed by atoms with Crippen LogP contribution in [0.5, 0.6) is 5.75 Å². The molecule has 2 aromatic rings. The van der Waals surface area contributed by atoms with Crippen molar-refractivity contribution in [2.45, 2.75) is 13.0 Å². The van der Waals surface area contributed by atoms with Crippen molar-refractivity contribution in [3.8, 4) is 5.75 Å². The summed E-state index contributed by atoms with van der Waals surface area (Å²) in [6.45, 7) is 2.00. The lowest BCUT2D eigenvalue weighted by Crippen LogP contribution is -1.98. The van der Waals surface area contributed by atoms with Gasteiger partial charge in [0.25, 0.3) is 0 Å². The zero-order valence-electron chi connectivity index (χ0n) is 9.91. The molecule has 0 saturated carbocycles. The van der Waals surface area contributed by atoms with Crippen molar-refractivity contribution in [2.75, 3.05) is 7.11 Å². The maximum absolute atomic E-state index is 10.3. The average Bonchev–Trinajstić information content (AvgIpc) is 2.69. The molecule has 1 heterocycles. The summed E-state index contributed by atoms with van der Waals surface area (Å²) >= 11 is 11.0. The number of halogens is 2. The summed E-state index contributed by atoms with van der Waals surface area (Å²) in [6, 6.07) is 7.27. The third-order valence-electron chi connectivity index (χ3n) is 2.64. The first-order chi connectivity index (χ1) is 8.52. The van der Waals surface area contributed by atoms with Gasteiger partial charge in [-0.05, 0) is 52.2 Å². The van der Waals surface area contributed by atoms with Crippen molar-refractivity contribution in [3.63, 3.8) is 0 Å². The molecule has 0 aliphatic rings. The van der Waals surface area contributed by atoms with E-state index in [0.717, 1.165) is 19.8 Å². The van der Waals surface area contributed by atoms with E-state index in [1.54, 1.807) is 25.3 Å². The Morgan fingerprint density at radius 1 is 1.39 bits per heavy atom. The van der Waals surface area contributed by atoms with Crippen molar-refractivity contribution in [1.82, 2.24) is 0 Å². The molecule has 0 bridgehead atoms. The first kappa shape index (κ1) is 13.9. The van der Waals surface area contributed by atoms with Crippen LogP contribution in [0.1, 0.15) is 22.1 Å². The van der Waals surface area contributed by atoms with E-state index < -0.39 is 6.10 Å². The monoisotopic (exact) mass is 346 g/mol. The van der Waals surface area contributed by atoms with Gasteiger partial charge >= 0.3 is 0 Å². The number of ether oxygens (including phenoxy) is 1. The van der Waals surface area contributed by atoms with Gasteiger partial charge in [-0.15, -0.1) is 11.3 Å². The molecule has 18 heavy (non-hydrogen) atoms. The molecular formula is C13H12BrClO2S. The molecule has 1 aromatic carbocycles. The SMILES string of the molecule is COc1cc(C(O)c2cc(C)c(Br)s2)ccc1Cl. The van der Waals surface area contributed by atoms with Gasteiger partial charge in [0.1, 0.15) is 11.9 Å². The number of aliphatic hydroxyl groups is 1. The lowest BCUT2D eigenvalue weighted by molar-refractivity contribution is 0.223. The molecule has 1 N–H and O–H groups in total. The van der Waals surface area contributed by atoms with Gasteiger partial charge < -0.3 is 9.84 Å². The molecule has 0 amide bonds. The van der Waals surface area contributed by atoms with Crippen molar-refractivity contribution in [2.24, 2.45) is 0 Å². The molecule has 96 valence electrons. The fourth-order valence-corrected chi connectivity index (χ4v) is 3.41. The van der Waals surface area contributed by atoms with Crippen molar-refractivity contribution < 1.29 is 9.84 Å². The minimum Gasteiger partial charge on any atom is -0.495 e. The maximum Gasteiger partial charge on any atom is 0.137 e. The van der Waals surface area contributed by atoms with Crippen LogP contribution in [0.2, 0.25) is 5.02 Å². The fraction of sp³-hybridized carbons (Fsp3) is 0.231. The second kappa shape index (κ2) is 5.61. The van der Waals surface area contributed by atoms with Gasteiger partial charge in [-0.1, -0.05) is 17.7 Å². The molecule has 1 unspecified atom stereocenters. The van der Waals surface area contributed by atoms with Crippen LogP contribution in [0.15, 0.2) is 28.1 Å². The van der Waals surface area contributed by atoms with Crippen LogP contribution in [0.25, 0.3) is 0 Å². The van der Waals surface area contributed by atoms with E-state index in [1.165, 1.54) is 11.3 Å². The first-order valence-corrected chi connectivity index (χ1v) is 7.29. The number of aliphatic hydroxyl groups excluding tert-OH is 1. The summed E-state index contributed by atoms with van der Waals surface area (Å²) in [6.07, 6.45) is -0.661. The van der Waals surface area contributed by atoms with Crippen LogP contribution in [-0.2, 0) is 0 Å². The Hall–Kier alpha value is -0.550. The van der Waals surface area contributed by atoms with Crippen molar-refractivity contribution >= 4 is 38.9 Å². The first-order valence-electron chi connectivity index (χ1n) is 5.30. The van der Waals surface area contributed by atoms with Gasteiger partial charge in [0.15, 0.2) is 0 Å². The summed E-state index contributed by atoms with van der Waals surface area (Å²) in [5.41, 5.74) is 1.89. The van der Waals surface area contributed by atoms with Gasteiger partial charge in [-0.25, -0.2) is 0 Å². The predicted octanol–water partition coefficient (Wildman–Crippen LogP) is 4.56. The van der Waals surface area contributed by atoms with Gasteiger partial charge in [0.05, 0.1) is 15.9 Å². The van der Waals surface area contributed by atoms with E-state index in [1.807, 2.05) is 13.0 Å². The Morgan fingerprint density at radius 2 is 2.11 bits per heavy atom. The highest BCUT2D eigenvalue weighted by Crippen LogP contribution is 2.36. The van der Waals surface area contributed by atoms with E-state index in [9.17, 15) is 5.11 Å². The molecule has 0 aliphatic heterocycles. The average molecular weight is 348 g/mol. The van der Waals surface area contributed by atoms with E-state index in [2.05, 4.69) is 15.9 Å². The van der Waals surface area contributed by atoms with Crippen LogP contribution in [0.3, 0.4) is 0 Å². The summed E-state index contributed by atoms with van der Waals surface area (Å²) < 4.78 is 6.19. The van der Waals surface area contributed by atoms with E-state index in [-0.39, 0.29) is 0 Å². The molecule has 0 spiro atoms. The Labute approximate surface area is 123 Å². The molecule has 1 aromatic heterocycles. The number of thiophene rings is 1. The Balaban J connectivity index is 2.36. The molecule has 2 rings (SSSR count). The Kier molecular flexibility index (Phi) is 4.33. The summed E-state index contributed by atoms with van der Waals surface area (Å²) in [4.78, 5) is 0.892. The van der Waals surface area contributed by atoms with Crippen LogP contribution >= 0.6 is 38.9 Å². The topological polar surface area (TPSA) is 29.5 Å². The number of hydrogen-bond acceptors (Lipinski definition) is 3. The van der Waals surface area contributed by atoms with Gasteiger partial charge in [0.2, 0.25) is 0 Å². The molecule has 0 saturated heterocycles. The number of hydrogen-bond donors (Lipinski definition) is 1. The van der Waals surface area contributed by atoms with Gasteiger partial charge in [0, 0.05) is 4.88 Å². The summed E-state index contributed by atoms with van der Waals surface area (Å²) in [5, 5.41) is 10.9. The predicted molar refractivity (Wildman–Crippen MR) is 78.8 cm³/mol. The fourth-order valence-electron chi connectivity index (χ4n) is 1.63. The van der Waals surface area contributed by atoms with Crippen LogP contribution in [-0.4, -0.2) is 12.2 Å². The molecule has 0 aliphatic carbocycles. The highest BCUT2D eigenvalue weighted by atomic mass is 79.9. The number of methoxy groups -OCH3 is 1. The zero-order chi connectivity index (χ0) is 13.3. The highest BCUT2D eigenvalue weighted by molar-refractivity contribution is 9.11. The largest absolute Gasteiger partial charge is 0.495 e. The third kappa shape index (κ3) is 2.72. The molecular weight excluding hydrogens is 336 g/mol. The third-order valence-corrected chi connectivity index (χ3v) is 5.14. The molecule has 2 nitrogen and oxygen atoms in total. The van der Waals surface area contributed by atoms with Crippen molar-refractivity contribution in [1.29, 1.82) is 0 Å². The van der Waals surface area contributed by atoms with Crippen LogP contribution in [0, 0.1) is 6.92 Å². The number of rotatable bonds is 3. The van der Waals surface area contributed by atoms with Crippen molar-refractivity contribution in [3.05, 3.63) is 49.1 Å². The number of aryl methyl sites for hydroxylation is 1. The molecule has 5 heteroatoms. The second-order valence-electron chi connectivity index (χ2n) is 3.90. The van der Waals surface area contributed by atoms with Crippen LogP contribution < -0.4 is 4.74 Å².